The van der Waals surface area contributed by atoms with Gasteiger partial charge < -0.3 is 19.3 Å². The van der Waals surface area contributed by atoms with Crippen molar-refractivity contribution < 1.29 is 27.5 Å². The molecule has 1 unspecified atom stereocenters. The van der Waals surface area contributed by atoms with Crippen LogP contribution in [0.4, 0.5) is 8.78 Å². The van der Waals surface area contributed by atoms with Crippen LogP contribution < -0.4 is 4.74 Å². The van der Waals surface area contributed by atoms with Crippen molar-refractivity contribution >= 4 is 16.9 Å². The number of ether oxygens (including phenoxy) is 1. The fraction of sp³-hybridized carbons (Fsp3) is 0.333. The second-order valence-electron chi connectivity index (χ2n) is 7.94. The van der Waals surface area contributed by atoms with Crippen LogP contribution in [-0.2, 0) is 0 Å². The lowest BCUT2D eigenvalue weighted by atomic mass is 9.97. The molecule has 0 fully saturated rings. The molecule has 0 aliphatic carbocycles. The smallest absolute Gasteiger partial charge is 0.387 e. The third kappa shape index (κ3) is 3.21. The number of hydrogen-bond acceptors (Lipinski definition) is 4. The van der Waals surface area contributed by atoms with Crippen LogP contribution in [0.5, 0.6) is 5.75 Å². The first-order valence-corrected chi connectivity index (χ1v) is 10.2. The number of carbonyl (C=O) groups is 1. The van der Waals surface area contributed by atoms with Crippen molar-refractivity contribution in [2.75, 3.05) is 6.98 Å². The minimum atomic E-state index is -3.12. The van der Waals surface area contributed by atoms with Gasteiger partial charge in [-0.3, -0.25) is 4.79 Å². The Kier molecular flexibility index (Phi) is 4.08. The maximum Gasteiger partial charge on any atom is 0.387 e. The quantitative estimate of drug-likeness (QED) is 0.628. The topological polar surface area (TPSA) is 67.6 Å². The lowest BCUT2D eigenvalue weighted by Crippen LogP contribution is -2.30. The molecule has 1 amide bonds. The van der Waals surface area contributed by atoms with Gasteiger partial charge in [0.2, 0.25) is 0 Å². The number of fused-ring (bicyclic) bond motifs is 9. The number of amides is 1. The number of aliphatic hydroxyl groups excluding tert-OH is 1. The molecule has 8 heteroatoms. The number of halogens is 2. The van der Waals surface area contributed by atoms with Crippen LogP contribution in [0, 0.1) is 11.8 Å². The second-order valence-corrected chi connectivity index (χ2v) is 7.94. The minimum Gasteiger partial charge on any atom is -0.434 e. The van der Waals surface area contributed by atoms with Crippen LogP contribution in [0.3, 0.4) is 0 Å². The van der Waals surface area contributed by atoms with Crippen molar-refractivity contribution in [3.63, 3.8) is 0 Å². The number of benzene rings is 2. The molecular weight excluding hydrogens is 416 g/mol. The Bertz CT molecular complexity index is 1390. The highest BCUT2D eigenvalue weighted by atomic mass is 19.3. The lowest BCUT2D eigenvalue weighted by Gasteiger charge is -2.24. The normalized spacial score (nSPS) is 21.7. The first kappa shape index (κ1) is 17.2. The first-order valence-electron chi connectivity index (χ1n) is 11.7. The molecular formula is C24H21F2N3O3. The van der Waals surface area contributed by atoms with Crippen LogP contribution in [-0.4, -0.2) is 45.2 Å². The summed E-state index contributed by atoms with van der Waals surface area (Å²) in [5.41, 5.74) is 2.06. The van der Waals surface area contributed by atoms with E-state index in [4.69, 9.17) is 8.85 Å². The Labute approximate surface area is 187 Å². The van der Waals surface area contributed by atoms with Crippen LogP contribution in [0.15, 0.2) is 36.4 Å². The van der Waals surface area contributed by atoms with Crippen molar-refractivity contribution in [3.05, 3.63) is 58.9 Å². The van der Waals surface area contributed by atoms with E-state index in [2.05, 4.69) is 16.8 Å². The molecule has 2 aliphatic heterocycles. The van der Waals surface area contributed by atoms with Crippen LogP contribution in [0.1, 0.15) is 63.3 Å². The van der Waals surface area contributed by atoms with Gasteiger partial charge in [-0.1, -0.05) is 17.9 Å². The maximum absolute atomic E-state index is 13.4. The highest BCUT2D eigenvalue weighted by Gasteiger charge is 2.44. The summed E-state index contributed by atoms with van der Waals surface area (Å²) in [5.74, 6) is 5.29. The van der Waals surface area contributed by atoms with E-state index in [1.807, 2.05) is 0 Å². The van der Waals surface area contributed by atoms with Gasteiger partial charge in [0.05, 0.1) is 29.2 Å². The summed E-state index contributed by atoms with van der Waals surface area (Å²) in [6.07, 6.45) is -0.122. The highest BCUT2D eigenvalue weighted by Crippen LogP contribution is 2.49. The van der Waals surface area contributed by atoms with Crippen LogP contribution in [0.2, 0.25) is 0 Å². The zero-order chi connectivity index (χ0) is 25.1. The zero-order valence-corrected chi connectivity index (χ0v) is 17.0. The third-order valence-corrected chi connectivity index (χ3v) is 5.78. The molecule has 1 aromatic heterocycles. The van der Waals surface area contributed by atoms with Gasteiger partial charge in [-0.05, 0) is 37.3 Å². The van der Waals surface area contributed by atoms with E-state index >= 15 is 0 Å². The SMILES string of the molecule is [2H]C([2H])([2H])N1C(=O)c2cccc(OC(F)F)c2[C@H]2C[C@@H]1c1nc3ccc(C#CCC(C)O)cc3n12. The zero-order valence-electron chi connectivity index (χ0n) is 20.0. The molecule has 0 saturated heterocycles. The first-order chi connectivity index (χ1) is 16.6. The summed E-state index contributed by atoms with van der Waals surface area (Å²) in [4.78, 5) is 18.9. The summed E-state index contributed by atoms with van der Waals surface area (Å²) < 4.78 is 57.2. The molecule has 2 aromatic carbocycles. The van der Waals surface area contributed by atoms with E-state index in [-0.39, 0.29) is 23.3 Å². The average Bonchev–Trinajstić information content (AvgIpc) is 3.25. The van der Waals surface area contributed by atoms with Gasteiger partial charge in [0, 0.05) is 40.6 Å². The van der Waals surface area contributed by atoms with Crippen molar-refractivity contribution in [1.29, 1.82) is 0 Å². The van der Waals surface area contributed by atoms with Crippen molar-refractivity contribution in [2.45, 2.75) is 44.6 Å². The van der Waals surface area contributed by atoms with Gasteiger partial charge in [0.1, 0.15) is 11.6 Å². The Morgan fingerprint density at radius 2 is 2.19 bits per heavy atom. The molecule has 1 N–H and O–H groups in total. The fourth-order valence-electron chi connectivity index (χ4n) is 4.49. The van der Waals surface area contributed by atoms with E-state index < -0.39 is 37.7 Å². The van der Waals surface area contributed by atoms with Gasteiger partial charge >= 0.3 is 6.61 Å². The average molecular weight is 440 g/mol. The molecule has 3 atom stereocenters. The Morgan fingerprint density at radius 3 is 2.94 bits per heavy atom. The number of hydrogen-bond donors (Lipinski definition) is 1. The number of alkyl halides is 2. The molecule has 164 valence electrons. The lowest BCUT2D eigenvalue weighted by molar-refractivity contribution is -0.0507. The molecule has 2 aliphatic rings. The Morgan fingerprint density at radius 1 is 1.34 bits per heavy atom. The number of rotatable bonds is 3. The molecule has 0 radical (unpaired) electrons. The number of nitrogens with zero attached hydrogens (tertiary/aromatic N) is 3. The molecule has 3 heterocycles. The maximum atomic E-state index is 13.4. The van der Waals surface area contributed by atoms with Gasteiger partial charge in [-0.15, -0.1) is 0 Å². The van der Waals surface area contributed by atoms with Crippen LogP contribution in [0.25, 0.3) is 11.0 Å². The summed E-state index contributed by atoms with van der Waals surface area (Å²) >= 11 is 0. The van der Waals surface area contributed by atoms with Gasteiger partial charge in [-0.25, -0.2) is 4.98 Å². The Hall–Kier alpha value is -3.44. The number of aliphatic hydroxyl groups is 1. The molecule has 2 bridgehead atoms. The van der Waals surface area contributed by atoms with Crippen molar-refractivity contribution in [3.8, 4) is 17.6 Å². The standard InChI is InChI=1S/C24H21F2N3O3/c1-13(30)5-3-6-14-9-10-16-17(11-14)29-18-12-19(22(29)27-16)28(2)23(31)15-7-4-8-20(21(15)18)32-24(25)26/h4,7-11,13,18-19,24,30H,5,12H2,1-2H3/t13?,18-,19-/m1/s1/i2D3. The summed E-state index contributed by atoms with van der Waals surface area (Å²) in [6.45, 7) is -4.26. The predicted molar refractivity (Wildman–Crippen MR) is 114 cm³/mol. The summed E-state index contributed by atoms with van der Waals surface area (Å²) in [5, 5.41) is 9.46. The van der Waals surface area contributed by atoms with Crippen molar-refractivity contribution in [2.24, 2.45) is 0 Å². The fourth-order valence-corrected chi connectivity index (χ4v) is 4.49. The van der Waals surface area contributed by atoms with Crippen LogP contribution >= 0.6 is 0 Å². The second kappa shape index (κ2) is 7.61. The largest absolute Gasteiger partial charge is 0.434 e. The van der Waals surface area contributed by atoms with Gasteiger partial charge in [0.15, 0.2) is 0 Å². The Balaban J connectivity index is 1.75. The van der Waals surface area contributed by atoms with Crippen molar-refractivity contribution in [1.82, 2.24) is 14.5 Å². The van der Waals surface area contributed by atoms with E-state index in [1.165, 1.54) is 18.2 Å². The molecule has 0 saturated carbocycles. The molecule has 6 nitrogen and oxygen atoms in total. The number of imidazole rings is 1. The molecule has 5 rings (SSSR count). The molecule has 3 aromatic rings. The van der Waals surface area contributed by atoms with E-state index in [1.54, 1.807) is 29.7 Å². The predicted octanol–water partition coefficient (Wildman–Crippen LogP) is 3.88. The molecule has 0 spiro atoms. The van der Waals surface area contributed by atoms with Gasteiger partial charge in [-0.2, -0.15) is 8.78 Å². The van der Waals surface area contributed by atoms with Gasteiger partial charge in [0.25, 0.3) is 5.91 Å². The highest BCUT2D eigenvalue weighted by molar-refractivity contribution is 5.97. The molecule has 32 heavy (non-hydrogen) atoms. The third-order valence-electron chi connectivity index (χ3n) is 5.78. The summed E-state index contributed by atoms with van der Waals surface area (Å²) in [6, 6.07) is 7.93. The minimum absolute atomic E-state index is 0.00662. The summed E-state index contributed by atoms with van der Waals surface area (Å²) in [7, 11) is 0. The van der Waals surface area contributed by atoms with E-state index in [9.17, 15) is 18.7 Å². The number of aromatic nitrogens is 2. The number of carbonyl (C=O) groups excluding carboxylic acids is 1. The van der Waals surface area contributed by atoms with E-state index in [0.717, 1.165) is 4.90 Å². The monoisotopic (exact) mass is 440 g/mol. The van der Waals surface area contributed by atoms with E-state index in [0.29, 0.717) is 28.8 Å².